The predicted octanol–water partition coefficient (Wildman–Crippen LogP) is 3.53. The van der Waals surface area contributed by atoms with Crippen molar-refractivity contribution >= 4 is 29.2 Å². The lowest BCUT2D eigenvalue weighted by Gasteiger charge is -2.39. The van der Waals surface area contributed by atoms with Gasteiger partial charge >= 0.3 is 6.09 Å². The predicted molar refractivity (Wildman–Crippen MR) is 95.1 cm³/mol. The topological polar surface area (TPSA) is 97.6 Å². The number of piperidine rings is 1. The maximum Gasteiger partial charge on any atom is 0.407 e. The molecule has 9 heteroatoms. The molecule has 2 heterocycles. The average molecular weight is 371 g/mol. The van der Waals surface area contributed by atoms with E-state index in [4.69, 9.17) is 16.3 Å². The number of ether oxygens (including phenoxy) is 1. The molecule has 1 fully saturated rings. The lowest BCUT2D eigenvalue weighted by Crippen LogP contribution is -2.50. The molecule has 1 aliphatic heterocycles. The molecule has 8 nitrogen and oxygen atoms in total. The highest BCUT2D eigenvalue weighted by Crippen LogP contribution is 2.31. The van der Waals surface area contributed by atoms with Crippen molar-refractivity contribution in [1.29, 1.82) is 0 Å². The third-order valence-electron chi connectivity index (χ3n) is 3.89. The van der Waals surface area contributed by atoms with Crippen LogP contribution in [0, 0.1) is 10.1 Å². The summed E-state index contributed by atoms with van der Waals surface area (Å²) < 4.78 is 5.28. The van der Waals surface area contributed by atoms with Crippen LogP contribution in [0.1, 0.15) is 40.5 Å². The number of halogens is 1. The Morgan fingerprint density at radius 3 is 2.72 bits per heavy atom. The van der Waals surface area contributed by atoms with E-state index < -0.39 is 16.6 Å². The smallest absolute Gasteiger partial charge is 0.407 e. The highest BCUT2D eigenvalue weighted by atomic mass is 35.5. The van der Waals surface area contributed by atoms with Crippen LogP contribution in [0.4, 0.5) is 16.3 Å². The van der Waals surface area contributed by atoms with Crippen molar-refractivity contribution in [1.82, 2.24) is 10.3 Å². The molecular weight excluding hydrogens is 348 g/mol. The van der Waals surface area contributed by atoms with Crippen molar-refractivity contribution in [3.63, 3.8) is 0 Å². The zero-order valence-electron chi connectivity index (χ0n) is 14.8. The van der Waals surface area contributed by atoms with Crippen molar-refractivity contribution in [2.24, 2.45) is 0 Å². The fraction of sp³-hybridized carbons (Fsp3) is 0.625. The van der Waals surface area contributed by atoms with Gasteiger partial charge < -0.3 is 15.0 Å². The molecule has 2 unspecified atom stereocenters. The molecular formula is C16H23ClN4O4. The number of nitrogens with zero attached hydrogens (tertiary/aromatic N) is 3. The van der Waals surface area contributed by atoms with E-state index in [9.17, 15) is 14.9 Å². The molecule has 1 aromatic rings. The summed E-state index contributed by atoms with van der Waals surface area (Å²) in [5, 5.41) is 13.9. The number of hydrogen-bond acceptors (Lipinski definition) is 6. The summed E-state index contributed by atoms with van der Waals surface area (Å²) in [6, 6.07) is 1.37. The molecule has 0 spiro atoms. The summed E-state index contributed by atoms with van der Waals surface area (Å²) in [6.45, 7) is 8.09. The molecule has 1 saturated heterocycles. The Morgan fingerprint density at radius 2 is 2.20 bits per heavy atom. The number of rotatable bonds is 3. The Bertz CT molecular complexity index is 662. The first-order valence-corrected chi connectivity index (χ1v) is 8.50. The van der Waals surface area contributed by atoms with Gasteiger partial charge in [-0.15, -0.1) is 0 Å². The van der Waals surface area contributed by atoms with E-state index in [1.165, 1.54) is 12.3 Å². The van der Waals surface area contributed by atoms with Crippen LogP contribution in [0.5, 0.6) is 0 Å². The first-order valence-electron chi connectivity index (χ1n) is 8.13. The second-order valence-corrected chi connectivity index (χ2v) is 7.57. The molecule has 1 aliphatic rings. The Hall–Kier alpha value is -2.09. The summed E-state index contributed by atoms with van der Waals surface area (Å²) >= 11 is 6.17. The fourth-order valence-electron chi connectivity index (χ4n) is 2.82. The number of pyridine rings is 1. The second kappa shape index (κ2) is 7.43. The minimum atomic E-state index is -0.535. The SMILES string of the molecule is CC1CC(NC(=O)OC(C)(C)C)CCN1c1ncc([N+](=O)[O-])cc1Cl. The van der Waals surface area contributed by atoms with Crippen molar-refractivity contribution in [3.05, 3.63) is 27.4 Å². The van der Waals surface area contributed by atoms with E-state index in [0.29, 0.717) is 25.2 Å². The lowest BCUT2D eigenvalue weighted by molar-refractivity contribution is -0.385. The van der Waals surface area contributed by atoms with Crippen LogP contribution in [-0.2, 0) is 4.74 Å². The van der Waals surface area contributed by atoms with Crippen molar-refractivity contribution in [2.75, 3.05) is 11.4 Å². The Labute approximate surface area is 151 Å². The highest BCUT2D eigenvalue weighted by Gasteiger charge is 2.30. The molecule has 1 aromatic heterocycles. The van der Waals surface area contributed by atoms with E-state index in [0.717, 1.165) is 0 Å². The standard InChI is InChI=1S/C16H23ClN4O4/c1-10-7-11(19-15(22)25-16(2,3)4)5-6-20(10)14-13(17)8-12(9-18-14)21(23)24/h8-11H,5-7H2,1-4H3,(H,19,22). The molecule has 0 bridgehead atoms. The van der Waals surface area contributed by atoms with E-state index in [-0.39, 0.29) is 22.8 Å². The number of nitro groups is 1. The van der Waals surface area contributed by atoms with Gasteiger partial charge in [0, 0.05) is 24.7 Å². The van der Waals surface area contributed by atoms with Crippen LogP contribution in [0.25, 0.3) is 0 Å². The summed E-state index contributed by atoms with van der Waals surface area (Å²) in [5.74, 6) is 0.524. The summed E-state index contributed by atoms with van der Waals surface area (Å²) in [5.41, 5.74) is -0.671. The molecule has 2 rings (SSSR count). The van der Waals surface area contributed by atoms with Crippen LogP contribution < -0.4 is 10.2 Å². The van der Waals surface area contributed by atoms with Crippen molar-refractivity contribution in [2.45, 2.75) is 58.2 Å². The van der Waals surface area contributed by atoms with Crippen LogP contribution >= 0.6 is 11.6 Å². The lowest BCUT2D eigenvalue weighted by atomic mass is 9.98. The number of carbonyl (C=O) groups is 1. The van der Waals surface area contributed by atoms with Gasteiger partial charge in [-0.05, 0) is 40.5 Å². The van der Waals surface area contributed by atoms with E-state index in [1.54, 1.807) is 0 Å². The van der Waals surface area contributed by atoms with Crippen LogP contribution in [0.2, 0.25) is 5.02 Å². The normalized spacial score (nSPS) is 20.9. The number of nitrogens with one attached hydrogen (secondary N) is 1. The number of carbonyl (C=O) groups excluding carboxylic acids is 1. The molecule has 1 amide bonds. The van der Waals surface area contributed by atoms with Gasteiger partial charge in [0.2, 0.25) is 0 Å². The molecule has 1 N–H and O–H groups in total. The zero-order chi connectivity index (χ0) is 18.8. The van der Waals surface area contributed by atoms with Gasteiger partial charge in [-0.3, -0.25) is 10.1 Å². The Morgan fingerprint density at radius 1 is 1.52 bits per heavy atom. The highest BCUT2D eigenvalue weighted by molar-refractivity contribution is 6.33. The average Bonchev–Trinajstić information content (AvgIpc) is 2.45. The first-order chi connectivity index (χ1) is 11.6. The van der Waals surface area contributed by atoms with Crippen LogP contribution in [-0.4, -0.2) is 40.2 Å². The summed E-state index contributed by atoms with van der Waals surface area (Å²) in [4.78, 5) is 28.3. The molecule has 25 heavy (non-hydrogen) atoms. The van der Waals surface area contributed by atoms with Gasteiger partial charge in [0.15, 0.2) is 0 Å². The number of aromatic nitrogens is 1. The van der Waals surface area contributed by atoms with Crippen molar-refractivity contribution in [3.8, 4) is 0 Å². The number of alkyl carbamates (subject to hydrolysis) is 1. The largest absolute Gasteiger partial charge is 0.444 e. The monoisotopic (exact) mass is 370 g/mol. The van der Waals surface area contributed by atoms with Gasteiger partial charge in [-0.2, -0.15) is 0 Å². The summed E-state index contributed by atoms with van der Waals surface area (Å²) in [6.07, 6.45) is 2.19. The molecule has 2 atom stereocenters. The van der Waals surface area contributed by atoms with E-state index in [1.807, 2.05) is 32.6 Å². The van der Waals surface area contributed by atoms with Gasteiger partial charge in [-0.1, -0.05) is 11.6 Å². The third-order valence-corrected chi connectivity index (χ3v) is 4.17. The number of amides is 1. The van der Waals surface area contributed by atoms with Gasteiger partial charge in [-0.25, -0.2) is 9.78 Å². The van der Waals surface area contributed by atoms with Gasteiger partial charge in [0.25, 0.3) is 5.69 Å². The minimum absolute atomic E-state index is 0.00192. The molecule has 0 saturated carbocycles. The summed E-state index contributed by atoms with van der Waals surface area (Å²) in [7, 11) is 0. The third kappa shape index (κ3) is 5.19. The fourth-order valence-corrected chi connectivity index (χ4v) is 3.09. The quantitative estimate of drug-likeness (QED) is 0.645. The molecule has 0 aromatic carbocycles. The number of anilines is 1. The number of hydrogen-bond donors (Lipinski definition) is 1. The van der Waals surface area contributed by atoms with Crippen LogP contribution in [0.15, 0.2) is 12.3 Å². The Balaban J connectivity index is 2.00. The molecule has 138 valence electrons. The zero-order valence-corrected chi connectivity index (χ0v) is 15.5. The van der Waals surface area contributed by atoms with Crippen LogP contribution in [0.3, 0.4) is 0 Å². The molecule has 0 radical (unpaired) electrons. The minimum Gasteiger partial charge on any atom is -0.444 e. The van der Waals surface area contributed by atoms with Gasteiger partial charge in [0.05, 0.1) is 9.95 Å². The maximum atomic E-state index is 11.9. The molecule has 0 aliphatic carbocycles. The van der Waals surface area contributed by atoms with Crippen molar-refractivity contribution < 1.29 is 14.5 Å². The maximum absolute atomic E-state index is 11.9. The second-order valence-electron chi connectivity index (χ2n) is 7.17. The first kappa shape index (κ1) is 19.2. The Kier molecular flexibility index (Phi) is 5.72. The van der Waals surface area contributed by atoms with Gasteiger partial charge in [0.1, 0.15) is 17.6 Å². The van der Waals surface area contributed by atoms with E-state index in [2.05, 4.69) is 10.3 Å². The van der Waals surface area contributed by atoms with E-state index >= 15 is 0 Å².